The molecule has 2 aromatic rings. The predicted octanol–water partition coefficient (Wildman–Crippen LogP) is 2.66. The summed E-state index contributed by atoms with van der Waals surface area (Å²) in [6.45, 7) is 4.20. The largest absolute Gasteiger partial charge is 0.399 e. The second-order valence-corrected chi connectivity index (χ2v) is 6.91. The summed E-state index contributed by atoms with van der Waals surface area (Å²) in [5.41, 5.74) is 6.91. The van der Waals surface area contributed by atoms with Gasteiger partial charge in [0.25, 0.3) is 11.8 Å². The van der Waals surface area contributed by atoms with E-state index in [1.165, 1.54) is 11.3 Å². The number of halogens is 1. The third-order valence-electron chi connectivity index (χ3n) is 3.94. The van der Waals surface area contributed by atoms with Crippen molar-refractivity contribution >= 4 is 41.2 Å². The average molecular weight is 366 g/mol. The van der Waals surface area contributed by atoms with Gasteiger partial charge in [0, 0.05) is 42.3 Å². The van der Waals surface area contributed by atoms with Crippen LogP contribution < -0.4 is 5.73 Å². The van der Waals surface area contributed by atoms with E-state index in [-0.39, 0.29) is 24.2 Å². The summed E-state index contributed by atoms with van der Waals surface area (Å²) in [7, 11) is 0. The molecule has 0 radical (unpaired) electrons. The molecule has 0 unspecified atom stereocenters. The molecule has 0 atom stereocenters. The van der Waals surface area contributed by atoms with Crippen molar-refractivity contribution in [2.24, 2.45) is 0 Å². The van der Waals surface area contributed by atoms with Gasteiger partial charge in [-0.1, -0.05) is 6.07 Å². The molecule has 1 aliphatic rings. The smallest absolute Gasteiger partial charge is 0.264 e. The number of carbonyl (C=O) groups is 2. The summed E-state index contributed by atoms with van der Waals surface area (Å²) in [5.74, 6) is 0.0236. The highest BCUT2D eigenvalue weighted by molar-refractivity contribution is 7.13. The number of benzene rings is 1. The van der Waals surface area contributed by atoms with Gasteiger partial charge in [0.1, 0.15) is 0 Å². The highest BCUT2D eigenvalue weighted by Crippen LogP contribution is 2.19. The quantitative estimate of drug-likeness (QED) is 0.832. The van der Waals surface area contributed by atoms with Crippen LogP contribution in [-0.2, 0) is 0 Å². The molecule has 3 rings (SSSR count). The number of carbonyl (C=O) groups excluding carboxylic acids is 2. The van der Waals surface area contributed by atoms with Gasteiger partial charge in [0.2, 0.25) is 0 Å². The van der Waals surface area contributed by atoms with E-state index < -0.39 is 0 Å². The van der Waals surface area contributed by atoms with Crippen LogP contribution in [0, 0.1) is 6.92 Å². The monoisotopic (exact) mass is 365 g/mol. The minimum absolute atomic E-state index is 0. The van der Waals surface area contributed by atoms with Gasteiger partial charge in [0.05, 0.1) is 4.88 Å². The second kappa shape index (κ2) is 7.68. The zero-order valence-electron chi connectivity index (χ0n) is 13.4. The van der Waals surface area contributed by atoms with Gasteiger partial charge in [-0.25, -0.2) is 0 Å². The first-order chi connectivity index (χ1) is 11.0. The minimum Gasteiger partial charge on any atom is -0.399 e. The van der Waals surface area contributed by atoms with Gasteiger partial charge in [-0.15, -0.1) is 23.7 Å². The van der Waals surface area contributed by atoms with Crippen molar-refractivity contribution in [2.75, 3.05) is 31.9 Å². The summed E-state index contributed by atoms with van der Waals surface area (Å²) >= 11 is 1.51. The predicted molar refractivity (Wildman–Crippen MR) is 99.0 cm³/mol. The first-order valence-electron chi connectivity index (χ1n) is 7.55. The summed E-state index contributed by atoms with van der Waals surface area (Å²) in [6, 6.07) is 10.8. The SMILES string of the molecule is Cc1ccc(C(=O)N2CCN(C(=O)c3cccc(N)c3)CC2)s1.Cl. The van der Waals surface area contributed by atoms with Crippen LogP contribution in [0.5, 0.6) is 0 Å². The first-order valence-corrected chi connectivity index (χ1v) is 8.37. The van der Waals surface area contributed by atoms with Crippen molar-refractivity contribution in [3.63, 3.8) is 0 Å². The van der Waals surface area contributed by atoms with Crippen LogP contribution in [-0.4, -0.2) is 47.8 Å². The lowest BCUT2D eigenvalue weighted by molar-refractivity contribution is 0.0538. The highest BCUT2D eigenvalue weighted by atomic mass is 35.5. The Balaban J connectivity index is 0.00000208. The van der Waals surface area contributed by atoms with Gasteiger partial charge >= 0.3 is 0 Å². The molecule has 0 aliphatic carbocycles. The van der Waals surface area contributed by atoms with E-state index in [1.807, 2.05) is 24.0 Å². The van der Waals surface area contributed by atoms with Crippen molar-refractivity contribution < 1.29 is 9.59 Å². The number of rotatable bonds is 2. The van der Waals surface area contributed by atoms with Crippen LogP contribution in [0.3, 0.4) is 0 Å². The zero-order valence-corrected chi connectivity index (χ0v) is 15.0. The molecule has 1 aromatic carbocycles. The number of nitrogens with zero attached hydrogens (tertiary/aromatic N) is 2. The van der Waals surface area contributed by atoms with Crippen LogP contribution in [0.15, 0.2) is 36.4 Å². The third kappa shape index (κ3) is 3.88. The van der Waals surface area contributed by atoms with Gasteiger partial charge in [-0.3, -0.25) is 9.59 Å². The standard InChI is InChI=1S/C17H19N3O2S.ClH/c1-12-5-6-15(23-12)17(22)20-9-7-19(8-10-20)16(21)13-3-2-4-14(18)11-13;/h2-6,11H,7-10,18H2,1H3;1H. The molecule has 2 heterocycles. The lowest BCUT2D eigenvalue weighted by Crippen LogP contribution is -2.50. The Labute approximate surface area is 151 Å². The topological polar surface area (TPSA) is 66.6 Å². The summed E-state index contributed by atoms with van der Waals surface area (Å²) in [5, 5.41) is 0. The zero-order chi connectivity index (χ0) is 16.4. The maximum Gasteiger partial charge on any atom is 0.264 e. The third-order valence-corrected chi connectivity index (χ3v) is 4.93. The van der Waals surface area contributed by atoms with Gasteiger partial charge in [0.15, 0.2) is 0 Å². The van der Waals surface area contributed by atoms with Gasteiger partial charge < -0.3 is 15.5 Å². The maximum absolute atomic E-state index is 12.5. The minimum atomic E-state index is -0.0311. The molecule has 7 heteroatoms. The van der Waals surface area contributed by atoms with E-state index in [9.17, 15) is 9.59 Å². The molecule has 0 spiro atoms. The second-order valence-electron chi connectivity index (χ2n) is 5.62. The van der Waals surface area contributed by atoms with Crippen LogP contribution >= 0.6 is 23.7 Å². The van der Waals surface area contributed by atoms with Crippen LogP contribution in [0.1, 0.15) is 24.9 Å². The van der Waals surface area contributed by atoms with E-state index in [0.717, 1.165) is 9.75 Å². The Hall–Kier alpha value is -2.05. The first kappa shape index (κ1) is 18.3. The molecule has 24 heavy (non-hydrogen) atoms. The van der Waals surface area contributed by atoms with Crippen LogP contribution in [0.2, 0.25) is 0 Å². The van der Waals surface area contributed by atoms with E-state index in [2.05, 4.69) is 0 Å². The number of nitrogens with two attached hydrogens (primary N) is 1. The van der Waals surface area contributed by atoms with Crippen molar-refractivity contribution in [1.29, 1.82) is 0 Å². The lowest BCUT2D eigenvalue weighted by atomic mass is 10.1. The molecule has 0 saturated carbocycles. The number of hydrogen-bond donors (Lipinski definition) is 1. The molecule has 1 saturated heterocycles. The fourth-order valence-corrected chi connectivity index (χ4v) is 3.51. The fraction of sp³-hybridized carbons (Fsp3) is 0.294. The highest BCUT2D eigenvalue weighted by Gasteiger charge is 2.26. The van der Waals surface area contributed by atoms with E-state index >= 15 is 0 Å². The molecule has 0 bridgehead atoms. The fourth-order valence-electron chi connectivity index (χ4n) is 2.67. The molecular formula is C17H20ClN3O2S. The molecule has 1 fully saturated rings. The summed E-state index contributed by atoms with van der Waals surface area (Å²) in [4.78, 5) is 30.4. The number of thiophene rings is 1. The Morgan fingerprint density at radius 3 is 2.17 bits per heavy atom. The maximum atomic E-state index is 12.5. The number of anilines is 1. The number of amides is 2. The normalized spacial score (nSPS) is 14.2. The Bertz CT molecular complexity index is 739. The molecule has 2 amide bonds. The number of hydrogen-bond acceptors (Lipinski definition) is 4. The van der Waals surface area contributed by atoms with E-state index in [1.54, 1.807) is 29.2 Å². The molecule has 5 nitrogen and oxygen atoms in total. The van der Waals surface area contributed by atoms with Gasteiger partial charge in [-0.2, -0.15) is 0 Å². The summed E-state index contributed by atoms with van der Waals surface area (Å²) < 4.78 is 0. The van der Waals surface area contributed by atoms with Crippen molar-refractivity contribution in [2.45, 2.75) is 6.92 Å². The van der Waals surface area contributed by atoms with Gasteiger partial charge in [-0.05, 0) is 37.3 Å². The van der Waals surface area contributed by atoms with Crippen LogP contribution in [0.25, 0.3) is 0 Å². The van der Waals surface area contributed by atoms with Crippen molar-refractivity contribution in [1.82, 2.24) is 9.80 Å². The Morgan fingerprint density at radius 2 is 1.62 bits per heavy atom. The lowest BCUT2D eigenvalue weighted by Gasteiger charge is -2.34. The molecule has 2 N–H and O–H groups in total. The number of aryl methyl sites for hydroxylation is 1. The molecule has 128 valence electrons. The number of nitrogen functional groups attached to an aromatic ring is 1. The Kier molecular flexibility index (Phi) is 5.85. The average Bonchev–Trinajstić information content (AvgIpc) is 3.00. The van der Waals surface area contributed by atoms with Crippen molar-refractivity contribution in [3.8, 4) is 0 Å². The van der Waals surface area contributed by atoms with E-state index in [4.69, 9.17) is 5.73 Å². The van der Waals surface area contributed by atoms with E-state index in [0.29, 0.717) is 37.4 Å². The van der Waals surface area contributed by atoms with Crippen LogP contribution in [0.4, 0.5) is 5.69 Å². The molecule has 1 aromatic heterocycles. The Morgan fingerprint density at radius 1 is 1.00 bits per heavy atom. The molecular weight excluding hydrogens is 346 g/mol. The van der Waals surface area contributed by atoms with Crippen molar-refractivity contribution in [3.05, 3.63) is 51.7 Å². The number of piperazine rings is 1. The summed E-state index contributed by atoms with van der Waals surface area (Å²) in [6.07, 6.45) is 0. The molecule has 1 aliphatic heterocycles.